The van der Waals surface area contributed by atoms with Crippen molar-refractivity contribution in [3.63, 3.8) is 0 Å². The summed E-state index contributed by atoms with van der Waals surface area (Å²) < 4.78 is 10.6. The van der Waals surface area contributed by atoms with Gasteiger partial charge in [0.2, 0.25) is 0 Å². The maximum atomic E-state index is 10.3. The van der Waals surface area contributed by atoms with Gasteiger partial charge >= 0.3 is 0 Å². The molecule has 0 saturated carbocycles. The number of likely N-dealkylation sites (tertiary alicyclic amines) is 1. The van der Waals surface area contributed by atoms with Crippen LogP contribution in [-0.4, -0.2) is 50.3 Å². The fourth-order valence-corrected chi connectivity index (χ4v) is 3.52. The molecule has 0 spiro atoms. The molecule has 1 saturated heterocycles. The second-order valence-electron chi connectivity index (χ2n) is 7.04. The highest BCUT2D eigenvalue weighted by Gasteiger charge is 2.26. The molecular weight excluding hydrogens is 358 g/mol. The summed E-state index contributed by atoms with van der Waals surface area (Å²) in [6.45, 7) is 4.29. The Morgan fingerprint density at radius 1 is 1.29 bits per heavy atom. The number of rotatable bonds is 5. The molecule has 1 fully saturated rings. The van der Waals surface area contributed by atoms with Gasteiger partial charge in [-0.2, -0.15) is 4.98 Å². The largest absolute Gasteiger partial charge is 0.504 e. The van der Waals surface area contributed by atoms with Crippen molar-refractivity contribution in [3.05, 3.63) is 47.7 Å². The van der Waals surface area contributed by atoms with Crippen LogP contribution in [0.1, 0.15) is 35.8 Å². The van der Waals surface area contributed by atoms with Crippen molar-refractivity contribution in [2.24, 2.45) is 0 Å². The predicted octanol–water partition coefficient (Wildman–Crippen LogP) is 2.93. The van der Waals surface area contributed by atoms with Gasteiger partial charge < -0.3 is 14.4 Å². The molecule has 0 bridgehead atoms. The molecule has 0 aliphatic carbocycles. The van der Waals surface area contributed by atoms with Crippen LogP contribution in [0.25, 0.3) is 11.6 Å². The fourth-order valence-electron chi connectivity index (χ4n) is 3.52. The highest BCUT2D eigenvalue weighted by molar-refractivity contribution is 5.45. The third-order valence-electron chi connectivity index (χ3n) is 5.01. The SMILES string of the molecule is COc1cccc(CN2CCCC(c3noc(-c4cnc(C)cn4)n3)C2)c1O. The van der Waals surface area contributed by atoms with Gasteiger partial charge in [0.15, 0.2) is 17.3 Å². The van der Waals surface area contributed by atoms with Crippen molar-refractivity contribution in [1.29, 1.82) is 0 Å². The van der Waals surface area contributed by atoms with Crippen LogP contribution in [0.15, 0.2) is 35.1 Å². The number of hydrogen-bond donors (Lipinski definition) is 1. The normalized spacial score (nSPS) is 17.6. The summed E-state index contributed by atoms with van der Waals surface area (Å²) in [5.74, 6) is 1.96. The van der Waals surface area contributed by atoms with E-state index in [1.807, 2.05) is 19.1 Å². The van der Waals surface area contributed by atoms with E-state index in [1.165, 1.54) is 0 Å². The minimum atomic E-state index is 0.178. The molecule has 8 nitrogen and oxygen atoms in total. The van der Waals surface area contributed by atoms with E-state index >= 15 is 0 Å². The van der Waals surface area contributed by atoms with Crippen LogP contribution < -0.4 is 4.74 Å². The van der Waals surface area contributed by atoms with Crippen molar-refractivity contribution < 1.29 is 14.4 Å². The molecule has 3 aromatic rings. The van der Waals surface area contributed by atoms with E-state index in [2.05, 4.69) is 25.0 Å². The lowest BCUT2D eigenvalue weighted by atomic mass is 9.97. The Kier molecular flexibility index (Phi) is 5.21. The number of piperidine rings is 1. The topological polar surface area (TPSA) is 97.4 Å². The number of ether oxygens (including phenoxy) is 1. The summed E-state index contributed by atoms with van der Waals surface area (Å²) in [6, 6.07) is 5.57. The Morgan fingerprint density at radius 3 is 2.96 bits per heavy atom. The molecule has 0 amide bonds. The first-order valence-electron chi connectivity index (χ1n) is 9.34. The van der Waals surface area contributed by atoms with Gasteiger partial charge in [-0.3, -0.25) is 9.88 Å². The van der Waals surface area contributed by atoms with Crippen molar-refractivity contribution >= 4 is 0 Å². The molecule has 28 heavy (non-hydrogen) atoms. The van der Waals surface area contributed by atoms with E-state index in [0.29, 0.717) is 29.7 Å². The third-order valence-corrected chi connectivity index (χ3v) is 5.01. The number of benzene rings is 1. The lowest BCUT2D eigenvalue weighted by Gasteiger charge is -2.31. The average Bonchev–Trinajstić information content (AvgIpc) is 3.21. The first-order valence-corrected chi connectivity index (χ1v) is 9.34. The number of methoxy groups -OCH3 is 1. The average molecular weight is 381 g/mol. The molecule has 1 aliphatic rings. The Labute approximate surface area is 163 Å². The molecule has 3 heterocycles. The van der Waals surface area contributed by atoms with E-state index < -0.39 is 0 Å². The molecule has 4 rings (SSSR count). The zero-order valence-corrected chi connectivity index (χ0v) is 16.0. The van der Waals surface area contributed by atoms with Crippen LogP contribution in [0.5, 0.6) is 11.5 Å². The fraction of sp³-hybridized carbons (Fsp3) is 0.400. The first-order chi connectivity index (χ1) is 13.6. The number of aryl methyl sites for hydroxylation is 1. The lowest BCUT2D eigenvalue weighted by molar-refractivity contribution is 0.192. The van der Waals surface area contributed by atoms with Crippen LogP contribution >= 0.6 is 0 Å². The minimum absolute atomic E-state index is 0.178. The monoisotopic (exact) mass is 381 g/mol. The Morgan fingerprint density at radius 2 is 2.18 bits per heavy atom. The maximum Gasteiger partial charge on any atom is 0.278 e. The number of nitrogens with zero attached hydrogens (tertiary/aromatic N) is 5. The van der Waals surface area contributed by atoms with Gasteiger partial charge in [-0.05, 0) is 32.4 Å². The van der Waals surface area contributed by atoms with Crippen molar-refractivity contribution in [2.75, 3.05) is 20.2 Å². The summed E-state index contributed by atoms with van der Waals surface area (Å²) in [4.78, 5) is 15.4. The van der Waals surface area contributed by atoms with Crippen molar-refractivity contribution in [1.82, 2.24) is 25.0 Å². The molecule has 1 unspecified atom stereocenters. The quantitative estimate of drug-likeness (QED) is 0.720. The Balaban J connectivity index is 1.46. The van der Waals surface area contributed by atoms with E-state index in [1.54, 1.807) is 25.6 Å². The molecule has 1 atom stereocenters. The van der Waals surface area contributed by atoms with Gasteiger partial charge in [0, 0.05) is 30.8 Å². The molecule has 146 valence electrons. The number of para-hydroxylation sites is 1. The third kappa shape index (κ3) is 3.82. The van der Waals surface area contributed by atoms with Gasteiger partial charge in [0.25, 0.3) is 5.89 Å². The summed E-state index contributed by atoms with van der Waals surface area (Å²) in [5, 5.41) is 14.5. The molecule has 2 aromatic heterocycles. The molecule has 1 N–H and O–H groups in total. The lowest BCUT2D eigenvalue weighted by Crippen LogP contribution is -2.34. The van der Waals surface area contributed by atoms with Gasteiger partial charge in [-0.15, -0.1) is 0 Å². The Hall–Kier alpha value is -3.00. The second-order valence-corrected chi connectivity index (χ2v) is 7.04. The summed E-state index contributed by atoms with van der Waals surface area (Å²) in [5.41, 5.74) is 2.27. The highest BCUT2D eigenvalue weighted by Crippen LogP contribution is 2.32. The molecule has 0 radical (unpaired) electrons. The van der Waals surface area contributed by atoms with Crippen LogP contribution in [0.4, 0.5) is 0 Å². The van der Waals surface area contributed by atoms with E-state index in [-0.39, 0.29) is 11.7 Å². The van der Waals surface area contributed by atoms with Gasteiger partial charge in [-0.25, -0.2) is 4.98 Å². The van der Waals surface area contributed by atoms with Crippen LogP contribution in [0, 0.1) is 6.92 Å². The second kappa shape index (κ2) is 7.93. The van der Waals surface area contributed by atoms with Gasteiger partial charge in [0.05, 0.1) is 19.0 Å². The van der Waals surface area contributed by atoms with Crippen LogP contribution in [-0.2, 0) is 6.54 Å². The minimum Gasteiger partial charge on any atom is -0.504 e. The zero-order valence-electron chi connectivity index (χ0n) is 16.0. The van der Waals surface area contributed by atoms with E-state index in [0.717, 1.165) is 37.2 Å². The zero-order chi connectivity index (χ0) is 19.5. The number of phenolic OH excluding ortho intramolecular Hbond substituents is 1. The number of hydrogen-bond acceptors (Lipinski definition) is 8. The van der Waals surface area contributed by atoms with Gasteiger partial charge in [0.1, 0.15) is 5.69 Å². The van der Waals surface area contributed by atoms with Crippen LogP contribution in [0.3, 0.4) is 0 Å². The Bertz CT molecular complexity index is 941. The van der Waals surface area contributed by atoms with Crippen molar-refractivity contribution in [2.45, 2.75) is 32.2 Å². The summed E-state index contributed by atoms with van der Waals surface area (Å²) >= 11 is 0. The number of aromatic nitrogens is 4. The van der Waals surface area contributed by atoms with E-state index in [4.69, 9.17) is 9.26 Å². The number of aromatic hydroxyl groups is 1. The summed E-state index contributed by atoms with van der Waals surface area (Å²) in [6.07, 6.45) is 5.36. The predicted molar refractivity (Wildman–Crippen MR) is 102 cm³/mol. The number of phenols is 1. The smallest absolute Gasteiger partial charge is 0.278 e. The standard InChI is InChI=1S/C20H23N5O3/c1-13-9-22-16(10-21-13)20-23-19(24-28-20)15-6-4-8-25(12-15)11-14-5-3-7-17(27-2)18(14)26/h3,5,7,9-10,15,26H,4,6,8,11-12H2,1-2H3. The van der Waals surface area contributed by atoms with E-state index in [9.17, 15) is 5.11 Å². The molecule has 1 aromatic carbocycles. The van der Waals surface area contributed by atoms with Gasteiger partial charge in [-0.1, -0.05) is 17.3 Å². The highest BCUT2D eigenvalue weighted by atomic mass is 16.5. The first kappa shape index (κ1) is 18.4. The maximum absolute atomic E-state index is 10.3. The van der Waals surface area contributed by atoms with Crippen molar-refractivity contribution in [3.8, 4) is 23.1 Å². The summed E-state index contributed by atoms with van der Waals surface area (Å²) in [7, 11) is 1.56. The molecule has 1 aliphatic heterocycles. The molecule has 8 heteroatoms. The molecular formula is C20H23N5O3. The van der Waals surface area contributed by atoms with Crippen LogP contribution in [0.2, 0.25) is 0 Å².